The highest BCUT2D eigenvalue weighted by atomic mass is 32.2. The highest BCUT2D eigenvalue weighted by molar-refractivity contribution is 8.27. The molecule has 0 saturated carbocycles. The molecule has 0 bridgehead atoms. The van der Waals surface area contributed by atoms with Crippen molar-refractivity contribution in [3.63, 3.8) is 0 Å². The van der Waals surface area contributed by atoms with E-state index in [-0.39, 0.29) is 21.5 Å². The Morgan fingerprint density at radius 2 is 1.89 bits per heavy atom. The molecule has 0 unspecified atom stereocenters. The molecule has 1 saturated heterocycles. The minimum Gasteiger partial charge on any atom is -0.545 e. The molecule has 0 atom stereocenters. The summed E-state index contributed by atoms with van der Waals surface area (Å²) in [6.07, 6.45) is 1.58. The molecule has 2 aromatic rings. The molecule has 0 N–H and O–H groups in total. The van der Waals surface area contributed by atoms with Crippen molar-refractivity contribution >= 4 is 57.6 Å². The number of carboxylic acids is 1. The van der Waals surface area contributed by atoms with E-state index in [0.717, 1.165) is 11.8 Å². The Kier molecular flexibility index (Phi) is 5.06. The van der Waals surface area contributed by atoms with Crippen LogP contribution < -0.4 is 10.0 Å². The number of anilines is 1. The molecule has 1 amide bonds. The van der Waals surface area contributed by atoms with E-state index >= 15 is 0 Å². The van der Waals surface area contributed by atoms with Crippen LogP contribution in [-0.4, -0.2) is 21.1 Å². The molecule has 0 aromatic heterocycles. The van der Waals surface area contributed by atoms with Gasteiger partial charge in [-0.25, -0.2) is 0 Å². The SMILES string of the molecule is Cc1ccc(C(=O)[O-])cc1N1C(=O)/C(=C/c2ccc([N+](=O)[O-])cc2)SC1=S. The first-order valence-corrected chi connectivity index (χ1v) is 8.85. The molecule has 3 rings (SSSR count). The lowest BCUT2D eigenvalue weighted by molar-refractivity contribution is -0.384. The Labute approximate surface area is 163 Å². The zero-order valence-corrected chi connectivity index (χ0v) is 15.5. The van der Waals surface area contributed by atoms with Crippen LogP contribution in [0.2, 0.25) is 0 Å². The minimum absolute atomic E-state index is 0.0468. The van der Waals surface area contributed by atoms with E-state index in [2.05, 4.69) is 0 Å². The van der Waals surface area contributed by atoms with Gasteiger partial charge in [0.05, 0.1) is 21.5 Å². The first-order chi connectivity index (χ1) is 12.8. The molecule has 9 heteroatoms. The molecule has 7 nitrogen and oxygen atoms in total. The van der Waals surface area contributed by atoms with Crippen molar-refractivity contribution in [3.05, 3.63) is 74.2 Å². The normalized spacial score (nSPS) is 15.4. The van der Waals surface area contributed by atoms with Crippen LogP contribution in [0.25, 0.3) is 6.08 Å². The highest BCUT2D eigenvalue weighted by Gasteiger charge is 2.34. The fraction of sp³-hybridized carbons (Fsp3) is 0.0556. The van der Waals surface area contributed by atoms with Crippen molar-refractivity contribution in [2.24, 2.45) is 0 Å². The largest absolute Gasteiger partial charge is 0.545 e. The first kappa shape index (κ1) is 18.7. The predicted molar refractivity (Wildman–Crippen MR) is 104 cm³/mol. The number of thiocarbonyl (C=S) groups is 1. The van der Waals surface area contributed by atoms with Gasteiger partial charge in [-0.05, 0) is 47.9 Å². The zero-order valence-electron chi connectivity index (χ0n) is 13.9. The number of rotatable bonds is 4. The maximum absolute atomic E-state index is 12.8. The molecular formula is C18H11N2O5S2-. The maximum Gasteiger partial charge on any atom is 0.270 e. The van der Waals surface area contributed by atoms with Crippen LogP contribution in [-0.2, 0) is 4.79 Å². The number of carbonyl (C=O) groups is 2. The van der Waals surface area contributed by atoms with E-state index in [1.165, 1.54) is 41.3 Å². The number of aryl methyl sites for hydroxylation is 1. The fourth-order valence-electron chi connectivity index (χ4n) is 2.50. The van der Waals surface area contributed by atoms with Crippen LogP contribution in [0.5, 0.6) is 0 Å². The van der Waals surface area contributed by atoms with E-state index in [1.54, 1.807) is 19.1 Å². The molecular weight excluding hydrogens is 388 g/mol. The van der Waals surface area contributed by atoms with Gasteiger partial charge in [0, 0.05) is 12.1 Å². The van der Waals surface area contributed by atoms with Gasteiger partial charge in [0.15, 0.2) is 4.32 Å². The molecule has 0 radical (unpaired) electrons. The van der Waals surface area contributed by atoms with E-state index in [4.69, 9.17) is 12.2 Å². The second kappa shape index (κ2) is 7.29. The van der Waals surface area contributed by atoms with Gasteiger partial charge < -0.3 is 9.90 Å². The molecule has 1 heterocycles. The van der Waals surface area contributed by atoms with Gasteiger partial charge in [-0.3, -0.25) is 19.8 Å². The molecule has 1 fully saturated rings. The van der Waals surface area contributed by atoms with E-state index in [9.17, 15) is 24.8 Å². The Bertz CT molecular complexity index is 1010. The third-order valence-corrected chi connectivity index (χ3v) is 5.18. The number of carboxylic acid groups (broad SMARTS) is 1. The van der Waals surface area contributed by atoms with Crippen LogP contribution >= 0.6 is 24.0 Å². The van der Waals surface area contributed by atoms with Crippen molar-refractivity contribution in [3.8, 4) is 0 Å². The Morgan fingerprint density at radius 1 is 1.22 bits per heavy atom. The summed E-state index contributed by atoms with van der Waals surface area (Å²) in [4.78, 5) is 35.8. The van der Waals surface area contributed by atoms with Crippen molar-refractivity contribution in [2.75, 3.05) is 4.90 Å². The summed E-state index contributed by atoms with van der Waals surface area (Å²) >= 11 is 6.37. The van der Waals surface area contributed by atoms with Crippen molar-refractivity contribution in [1.82, 2.24) is 0 Å². The van der Waals surface area contributed by atoms with Gasteiger partial charge >= 0.3 is 0 Å². The van der Waals surface area contributed by atoms with Crippen molar-refractivity contribution in [2.45, 2.75) is 6.92 Å². The summed E-state index contributed by atoms with van der Waals surface area (Å²) in [7, 11) is 0. The number of nitrogens with zero attached hydrogens (tertiary/aromatic N) is 2. The number of hydrogen-bond donors (Lipinski definition) is 0. The Morgan fingerprint density at radius 3 is 2.48 bits per heavy atom. The Hall–Kier alpha value is -3.04. The van der Waals surface area contributed by atoms with Crippen LogP contribution in [0.4, 0.5) is 11.4 Å². The molecule has 27 heavy (non-hydrogen) atoms. The molecule has 0 aliphatic carbocycles. The van der Waals surface area contributed by atoms with Gasteiger partial charge in [0.25, 0.3) is 11.6 Å². The summed E-state index contributed by atoms with van der Waals surface area (Å²) in [6.45, 7) is 1.74. The number of carbonyl (C=O) groups excluding carboxylic acids is 2. The summed E-state index contributed by atoms with van der Waals surface area (Å²) in [5, 5.41) is 21.8. The molecule has 2 aromatic carbocycles. The number of amides is 1. The van der Waals surface area contributed by atoms with E-state index < -0.39 is 10.9 Å². The van der Waals surface area contributed by atoms with Gasteiger partial charge in [-0.2, -0.15) is 0 Å². The van der Waals surface area contributed by atoms with Crippen LogP contribution in [0.3, 0.4) is 0 Å². The van der Waals surface area contributed by atoms with E-state index in [1.807, 2.05) is 0 Å². The predicted octanol–water partition coefficient (Wildman–Crippen LogP) is 2.67. The number of benzene rings is 2. The molecule has 1 aliphatic heterocycles. The summed E-state index contributed by atoms with van der Waals surface area (Å²) in [5.41, 5.74) is 1.58. The topological polar surface area (TPSA) is 104 Å². The monoisotopic (exact) mass is 399 g/mol. The minimum atomic E-state index is -1.34. The second-order valence-corrected chi connectivity index (χ2v) is 7.33. The average molecular weight is 399 g/mol. The lowest BCUT2D eigenvalue weighted by Crippen LogP contribution is -2.29. The lowest BCUT2D eigenvalue weighted by Gasteiger charge is -2.18. The number of non-ortho nitro benzene ring substituents is 1. The number of nitro groups is 1. The van der Waals surface area contributed by atoms with Crippen LogP contribution in [0.15, 0.2) is 47.4 Å². The summed E-state index contributed by atoms with van der Waals surface area (Å²) < 4.78 is 0.270. The van der Waals surface area contributed by atoms with Crippen LogP contribution in [0, 0.1) is 17.0 Å². The van der Waals surface area contributed by atoms with Gasteiger partial charge in [0.2, 0.25) is 0 Å². The molecule has 1 aliphatic rings. The van der Waals surface area contributed by atoms with Crippen molar-refractivity contribution in [1.29, 1.82) is 0 Å². The number of hydrogen-bond acceptors (Lipinski definition) is 7. The van der Waals surface area contributed by atoms with Crippen molar-refractivity contribution < 1.29 is 19.6 Å². The first-order valence-electron chi connectivity index (χ1n) is 7.62. The third-order valence-electron chi connectivity index (χ3n) is 3.88. The number of nitro benzene ring substituents is 1. The lowest BCUT2D eigenvalue weighted by atomic mass is 10.1. The quantitative estimate of drug-likeness (QED) is 0.337. The Balaban J connectivity index is 1.95. The standard InChI is InChI=1S/C18H12N2O5S2/c1-10-2-5-12(17(22)23)9-14(10)19-16(21)15(27-18(19)26)8-11-3-6-13(7-4-11)20(24)25/h2-9H,1H3,(H,22,23)/p-1/b15-8-. The van der Waals surface area contributed by atoms with Crippen LogP contribution in [0.1, 0.15) is 21.5 Å². The molecule has 0 spiro atoms. The summed E-state index contributed by atoms with van der Waals surface area (Å²) in [6, 6.07) is 10.1. The smallest absolute Gasteiger partial charge is 0.270 e. The molecule has 136 valence electrons. The number of aromatic carboxylic acids is 1. The van der Waals surface area contributed by atoms with Gasteiger partial charge in [0.1, 0.15) is 0 Å². The fourth-order valence-corrected chi connectivity index (χ4v) is 3.78. The average Bonchev–Trinajstić information content (AvgIpc) is 2.89. The van der Waals surface area contributed by atoms with Gasteiger partial charge in [-0.15, -0.1) is 0 Å². The second-order valence-electron chi connectivity index (χ2n) is 5.65. The maximum atomic E-state index is 12.8. The number of thioether (sulfide) groups is 1. The highest BCUT2D eigenvalue weighted by Crippen LogP contribution is 2.37. The summed E-state index contributed by atoms with van der Waals surface area (Å²) in [5.74, 6) is -1.73. The van der Waals surface area contributed by atoms with E-state index in [0.29, 0.717) is 21.7 Å². The third kappa shape index (κ3) is 3.74. The van der Waals surface area contributed by atoms with Gasteiger partial charge in [-0.1, -0.05) is 36.1 Å². The zero-order chi connectivity index (χ0) is 19.7.